The van der Waals surface area contributed by atoms with Gasteiger partial charge in [0.25, 0.3) is 0 Å². The molecule has 0 spiro atoms. The Balaban J connectivity index is 0.000000172. The smallest absolute Gasteiger partial charge is 0.175 e. The van der Waals surface area contributed by atoms with Crippen molar-refractivity contribution in [2.45, 2.75) is 84.5 Å². The lowest BCUT2D eigenvalue weighted by atomic mass is 10.1. The lowest BCUT2D eigenvalue weighted by molar-refractivity contribution is 0.112. The van der Waals surface area contributed by atoms with Crippen LogP contribution in [0.1, 0.15) is 104 Å². The van der Waals surface area contributed by atoms with Crippen LogP contribution in [0, 0.1) is 0 Å². The van der Waals surface area contributed by atoms with Crippen molar-refractivity contribution >= 4 is 187 Å². The predicted octanol–water partition coefficient (Wildman–Crippen LogP) is 18.1. The average Bonchev–Trinajstić information content (AvgIpc) is 4.11. The maximum atomic E-state index is 11.0. The Hall–Kier alpha value is -3.07. The van der Waals surface area contributed by atoms with Crippen molar-refractivity contribution in [3.8, 4) is 5.06 Å². The van der Waals surface area contributed by atoms with E-state index in [1.807, 2.05) is 62.8 Å². The van der Waals surface area contributed by atoms with Gasteiger partial charge in [-0.3, -0.25) is 14.8 Å². The maximum Gasteiger partial charge on any atom is 0.175 e. The molecule has 0 unspecified atom stereocenters. The number of benzene rings is 2. The Kier molecular flexibility index (Phi) is 13.2. The molecule has 0 fully saturated rings. The Bertz CT molecular complexity index is 3100. The van der Waals surface area contributed by atoms with E-state index in [0.717, 1.165) is 29.3 Å². The summed E-state index contributed by atoms with van der Waals surface area (Å²) in [6.07, 6.45) is 19.6. The van der Waals surface area contributed by atoms with Crippen molar-refractivity contribution in [3.05, 3.63) is 63.2 Å². The van der Waals surface area contributed by atoms with Gasteiger partial charge < -0.3 is 4.74 Å². The zero-order chi connectivity index (χ0) is 40.3. The number of aliphatic imine (C=N–C) groups is 2. The third kappa shape index (κ3) is 8.84. The number of rotatable bonds is 17. The molecule has 0 aliphatic carbocycles. The number of carbonyl (C=O) groups excluding carboxylic acids is 1. The quantitative estimate of drug-likeness (QED) is 0.0519. The molecular formula is C47H46N2O2S8. The van der Waals surface area contributed by atoms with Gasteiger partial charge in [0, 0.05) is 95.8 Å². The van der Waals surface area contributed by atoms with Crippen molar-refractivity contribution in [2.75, 3.05) is 20.2 Å². The number of nitrogens with zero attached hydrogens (tertiary/aromatic N) is 2. The summed E-state index contributed by atoms with van der Waals surface area (Å²) in [6, 6.07) is 18.2. The molecule has 8 heterocycles. The van der Waals surface area contributed by atoms with E-state index in [-0.39, 0.29) is 0 Å². The van der Waals surface area contributed by atoms with Gasteiger partial charge in [-0.1, -0.05) is 83.0 Å². The first-order valence-electron chi connectivity index (χ1n) is 20.7. The molecule has 2 aromatic carbocycles. The topological polar surface area (TPSA) is 51.0 Å². The standard InChI is InChI=1S/C31H38N2S4.C16H8O2S4/c1-3-5-7-9-11-13-15-33-21-23-17-29-31(35-23)25-19-26-24(18-27(25)37-29)30-28(36-26)16-22(34-30)20-32-14-12-10-8-6-4-2;1-18-14-5-13-16(22-14)9-4-10-8(3-11(9)21-13)15-12(20-10)2-7(6-17)19-15/h16-21H,3-15H2,1-2H3;2-6H,1H3. The fraction of sp³-hybridized carbons (Fsp3) is 0.340. The molecule has 0 N–H and O–H groups in total. The average molecular weight is 927 g/mol. The minimum absolute atomic E-state index is 0.806. The Labute approximate surface area is 376 Å². The number of unbranched alkanes of at least 4 members (excludes halogenated alkanes) is 9. The number of carbonyl (C=O) groups is 1. The van der Waals surface area contributed by atoms with E-state index in [1.165, 1.54) is 158 Å². The second-order valence-electron chi connectivity index (χ2n) is 15.0. The van der Waals surface area contributed by atoms with Crippen LogP contribution in [0.5, 0.6) is 5.06 Å². The minimum Gasteiger partial charge on any atom is -0.487 e. The Morgan fingerprint density at radius 2 is 0.814 bits per heavy atom. The monoisotopic (exact) mass is 926 g/mol. The number of hydrogen-bond donors (Lipinski definition) is 0. The molecule has 0 bridgehead atoms. The summed E-state index contributed by atoms with van der Waals surface area (Å²) >= 11 is 14.5. The highest BCUT2D eigenvalue weighted by Crippen LogP contribution is 2.48. The number of thiophene rings is 8. The van der Waals surface area contributed by atoms with Crippen LogP contribution in [0.3, 0.4) is 0 Å². The van der Waals surface area contributed by atoms with Gasteiger partial charge in [0.1, 0.15) is 0 Å². The molecule has 0 aliphatic rings. The third-order valence-electron chi connectivity index (χ3n) is 10.6. The highest BCUT2D eigenvalue weighted by atomic mass is 32.1. The largest absolute Gasteiger partial charge is 0.487 e. The third-order valence-corrected chi connectivity index (χ3v) is 20.0. The molecule has 4 nitrogen and oxygen atoms in total. The summed E-state index contributed by atoms with van der Waals surface area (Å²) in [5, 5.41) is 6.36. The lowest BCUT2D eigenvalue weighted by Gasteiger charge is -1.97. The highest BCUT2D eigenvalue weighted by molar-refractivity contribution is 7.36. The van der Waals surface area contributed by atoms with Crippen LogP contribution in [-0.2, 0) is 0 Å². The van der Waals surface area contributed by atoms with Gasteiger partial charge in [-0.25, -0.2) is 0 Å². The second-order valence-corrected chi connectivity index (χ2v) is 23.6. The summed E-state index contributed by atoms with van der Waals surface area (Å²) in [6.45, 7) is 6.44. The fourth-order valence-corrected chi connectivity index (χ4v) is 17.2. The van der Waals surface area contributed by atoms with Crippen LogP contribution in [0.15, 0.2) is 58.5 Å². The van der Waals surface area contributed by atoms with Crippen LogP contribution in [0.4, 0.5) is 0 Å². The van der Waals surface area contributed by atoms with Crippen molar-refractivity contribution in [1.82, 2.24) is 0 Å². The Morgan fingerprint density at radius 3 is 1.24 bits per heavy atom. The molecule has 0 atom stereocenters. The van der Waals surface area contributed by atoms with Crippen LogP contribution in [0.25, 0.3) is 77.9 Å². The van der Waals surface area contributed by atoms with E-state index in [0.29, 0.717) is 0 Å². The maximum absolute atomic E-state index is 11.0. The summed E-state index contributed by atoms with van der Waals surface area (Å²) in [5.74, 6) is 0. The molecule has 12 heteroatoms. The van der Waals surface area contributed by atoms with Gasteiger partial charge in [-0.05, 0) is 55.3 Å². The molecule has 0 saturated heterocycles. The van der Waals surface area contributed by atoms with E-state index in [9.17, 15) is 4.79 Å². The Morgan fingerprint density at radius 1 is 0.441 bits per heavy atom. The molecular weight excluding hydrogens is 881 g/mol. The number of ether oxygens (including phenoxy) is 1. The van der Waals surface area contributed by atoms with Crippen molar-refractivity contribution in [1.29, 1.82) is 0 Å². The van der Waals surface area contributed by atoms with E-state index in [1.54, 1.807) is 41.1 Å². The minimum atomic E-state index is 0.806. The summed E-state index contributed by atoms with van der Waals surface area (Å²) in [7, 11) is 1.72. The van der Waals surface area contributed by atoms with E-state index in [4.69, 9.17) is 14.7 Å². The molecule has 59 heavy (non-hydrogen) atoms. The summed E-state index contributed by atoms with van der Waals surface area (Å²) in [5.41, 5.74) is 0. The zero-order valence-corrected chi connectivity index (χ0v) is 40.1. The number of fused-ring (bicyclic) bond motifs is 12. The first kappa shape index (κ1) is 41.3. The van der Waals surface area contributed by atoms with Crippen LogP contribution < -0.4 is 4.74 Å². The summed E-state index contributed by atoms with van der Waals surface area (Å²) in [4.78, 5) is 23.8. The number of hydrogen-bond acceptors (Lipinski definition) is 12. The van der Waals surface area contributed by atoms with Gasteiger partial charge in [0.2, 0.25) is 0 Å². The molecule has 0 amide bonds. The van der Waals surface area contributed by atoms with Gasteiger partial charge >= 0.3 is 0 Å². The molecule has 0 saturated carbocycles. The van der Waals surface area contributed by atoms with Gasteiger partial charge in [-0.15, -0.1) is 79.4 Å². The van der Waals surface area contributed by atoms with Crippen molar-refractivity contribution in [2.24, 2.45) is 9.98 Å². The van der Waals surface area contributed by atoms with Gasteiger partial charge in [-0.2, -0.15) is 0 Å². The molecule has 304 valence electrons. The molecule has 8 aromatic heterocycles. The summed E-state index contributed by atoms with van der Waals surface area (Å²) < 4.78 is 21.4. The molecule has 0 aliphatic heterocycles. The first-order chi connectivity index (χ1) is 29.0. The molecule has 10 rings (SSSR count). The second kappa shape index (κ2) is 18.9. The number of methoxy groups -OCH3 is 1. The normalized spacial score (nSPS) is 12.5. The zero-order valence-electron chi connectivity index (χ0n) is 33.5. The van der Waals surface area contributed by atoms with Crippen molar-refractivity contribution in [3.63, 3.8) is 0 Å². The molecule has 10 aromatic rings. The van der Waals surface area contributed by atoms with Crippen LogP contribution in [-0.4, -0.2) is 38.9 Å². The van der Waals surface area contributed by atoms with Crippen LogP contribution >= 0.6 is 90.7 Å². The predicted molar refractivity (Wildman–Crippen MR) is 275 cm³/mol. The van der Waals surface area contributed by atoms with E-state index >= 15 is 0 Å². The lowest BCUT2D eigenvalue weighted by Crippen LogP contribution is -1.84. The van der Waals surface area contributed by atoms with Gasteiger partial charge in [0.15, 0.2) is 11.3 Å². The fourth-order valence-electron chi connectivity index (χ4n) is 7.61. The first-order valence-corrected chi connectivity index (χ1v) is 27.2. The molecule has 0 radical (unpaired) electrons. The van der Waals surface area contributed by atoms with Crippen LogP contribution in [0.2, 0.25) is 0 Å². The SMILES string of the molecule is CCCCCCCCN=Cc1cc2sc3cc4c(cc3c2s1)sc1cc(C=NCCCCCCC)sc14.COc1cc2sc3cc4c(cc3c2s1)sc1cc(C=O)sc14. The van der Waals surface area contributed by atoms with E-state index < -0.39 is 0 Å². The van der Waals surface area contributed by atoms with E-state index in [2.05, 4.69) is 68.7 Å². The van der Waals surface area contributed by atoms with Gasteiger partial charge in [0.05, 0.1) is 35.5 Å². The highest BCUT2D eigenvalue weighted by Gasteiger charge is 2.17. The van der Waals surface area contributed by atoms with Crippen molar-refractivity contribution < 1.29 is 9.53 Å². The number of aldehydes is 1.